The van der Waals surface area contributed by atoms with E-state index in [-0.39, 0.29) is 5.54 Å². The number of likely N-dealkylation sites (N-methyl/N-ethyl adjacent to an activating group) is 1. The predicted octanol–water partition coefficient (Wildman–Crippen LogP) is 5.04. The van der Waals surface area contributed by atoms with Crippen LogP contribution >= 0.6 is 0 Å². The van der Waals surface area contributed by atoms with Crippen molar-refractivity contribution in [1.29, 1.82) is 0 Å². The van der Waals surface area contributed by atoms with Crippen LogP contribution in [-0.4, -0.2) is 54.2 Å². The topological polar surface area (TPSA) is 53.5 Å². The Morgan fingerprint density at radius 1 is 1.06 bits per heavy atom. The first-order chi connectivity index (χ1) is 14.8. The molecule has 0 saturated carbocycles. The van der Waals surface area contributed by atoms with Crippen molar-refractivity contribution in [3.63, 3.8) is 0 Å². The summed E-state index contributed by atoms with van der Waals surface area (Å²) in [5.74, 6) is 1.76. The molecule has 0 spiro atoms. The number of fused-ring (bicyclic) bond motifs is 1. The van der Waals surface area contributed by atoms with Gasteiger partial charge in [0.2, 0.25) is 5.95 Å². The molecule has 3 aromatic rings. The first-order valence-corrected chi connectivity index (χ1v) is 11.0. The van der Waals surface area contributed by atoms with E-state index >= 15 is 0 Å². The summed E-state index contributed by atoms with van der Waals surface area (Å²) in [6.07, 6.45) is 1.87. The fourth-order valence-corrected chi connectivity index (χ4v) is 4.24. The highest BCUT2D eigenvalue weighted by Crippen LogP contribution is 2.33. The van der Waals surface area contributed by atoms with E-state index in [9.17, 15) is 0 Å². The van der Waals surface area contributed by atoms with Gasteiger partial charge in [0.15, 0.2) is 0 Å². The largest absolute Gasteiger partial charge is 0.496 e. The van der Waals surface area contributed by atoms with Crippen molar-refractivity contribution in [3.05, 3.63) is 48.2 Å². The standard InChI is InChI=1S/C25H33N5O/c1-17(2)22-21(31-6)12-7-18-15-26-24(28-23(18)22)27-19-8-10-20(11-9-19)30-14-13-29(5)25(3,4)16-30/h7-12,15,17H,13-14,16H2,1-6H3,(H,26,27,28). The zero-order valence-electron chi connectivity index (χ0n) is 19.4. The Kier molecular flexibility index (Phi) is 5.75. The minimum absolute atomic E-state index is 0.170. The number of hydrogen-bond acceptors (Lipinski definition) is 6. The molecular formula is C25H33N5O. The van der Waals surface area contributed by atoms with E-state index in [1.165, 1.54) is 5.69 Å². The zero-order valence-corrected chi connectivity index (χ0v) is 19.4. The third-order valence-electron chi connectivity index (χ3n) is 6.35. The highest BCUT2D eigenvalue weighted by Gasteiger charge is 2.31. The fourth-order valence-electron chi connectivity index (χ4n) is 4.24. The SMILES string of the molecule is COc1ccc2cnc(Nc3ccc(N4CCN(C)C(C)(C)C4)cc3)nc2c1C(C)C. The molecule has 0 aliphatic carbocycles. The highest BCUT2D eigenvalue weighted by molar-refractivity contribution is 5.85. The molecule has 1 aromatic heterocycles. The number of nitrogens with one attached hydrogen (secondary N) is 1. The second kappa shape index (κ2) is 8.35. The number of benzene rings is 2. The van der Waals surface area contributed by atoms with Gasteiger partial charge in [0.1, 0.15) is 5.75 Å². The van der Waals surface area contributed by atoms with Gasteiger partial charge in [-0.1, -0.05) is 13.8 Å². The Morgan fingerprint density at radius 3 is 2.45 bits per heavy atom. The second-order valence-corrected chi connectivity index (χ2v) is 9.30. The van der Waals surface area contributed by atoms with Crippen molar-refractivity contribution in [3.8, 4) is 5.75 Å². The molecule has 1 N–H and O–H groups in total. The molecule has 1 saturated heterocycles. The van der Waals surface area contributed by atoms with Gasteiger partial charge in [-0.05, 0) is 63.2 Å². The molecule has 0 amide bonds. The maximum Gasteiger partial charge on any atom is 0.227 e. The molecule has 6 nitrogen and oxygen atoms in total. The molecule has 0 radical (unpaired) electrons. The molecule has 2 heterocycles. The molecule has 4 rings (SSSR count). The average molecular weight is 420 g/mol. The van der Waals surface area contributed by atoms with Gasteiger partial charge in [-0.3, -0.25) is 4.90 Å². The summed E-state index contributed by atoms with van der Waals surface area (Å²) in [7, 11) is 3.91. The number of aromatic nitrogens is 2. The fraction of sp³-hybridized carbons (Fsp3) is 0.440. The number of ether oxygens (including phenoxy) is 1. The Morgan fingerprint density at radius 2 is 1.81 bits per heavy atom. The maximum absolute atomic E-state index is 5.58. The zero-order chi connectivity index (χ0) is 22.2. The minimum Gasteiger partial charge on any atom is -0.496 e. The van der Waals surface area contributed by atoms with Crippen molar-refractivity contribution in [2.45, 2.75) is 39.2 Å². The quantitative estimate of drug-likeness (QED) is 0.626. The van der Waals surface area contributed by atoms with Crippen LogP contribution in [0.1, 0.15) is 39.2 Å². The van der Waals surface area contributed by atoms with Gasteiger partial charge in [0.05, 0.1) is 12.6 Å². The Hall–Kier alpha value is -2.86. The van der Waals surface area contributed by atoms with Crippen molar-refractivity contribution < 1.29 is 4.74 Å². The maximum atomic E-state index is 5.58. The lowest BCUT2D eigenvalue weighted by Gasteiger charge is -2.46. The van der Waals surface area contributed by atoms with E-state index in [0.717, 1.165) is 47.5 Å². The molecular weight excluding hydrogens is 386 g/mol. The van der Waals surface area contributed by atoms with Gasteiger partial charge >= 0.3 is 0 Å². The van der Waals surface area contributed by atoms with Crippen LogP contribution in [0.15, 0.2) is 42.6 Å². The predicted molar refractivity (Wildman–Crippen MR) is 129 cm³/mol. The molecule has 0 atom stereocenters. The van der Waals surface area contributed by atoms with Crippen molar-refractivity contribution in [2.24, 2.45) is 0 Å². The molecule has 6 heteroatoms. The molecule has 1 aliphatic rings. The van der Waals surface area contributed by atoms with Gasteiger partial charge in [0.25, 0.3) is 0 Å². The Labute approximate surface area is 185 Å². The summed E-state index contributed by atoms with van der Waals surface area (Å²) >= 11 is 0. The number of hydrogen-bond donors (Lipinski definition) is 1. The van der Waals surface area contributed by atoms with Gasteiger partial charge in [-0.25, -0.2) is 9.97 Å². The van der Waals surface area contributed by atoms with Gasteiger partial charge < -0.3 is 15.0 Å². The van der Waals surface area contributed by atoms with E-state index in [1.807, 2.05) is 18.3 Å². The Bertz CT molecular complexity index is 1060. The van der Waals surface area contributed by atoms with Crippen molar-refractivity contribution in [1.82, 2.24) is 14.9 Å². The number of rotatable bonds is 5. The lowest BCUT2D eigenvalue weighted by atomic mass is 9.99. The van der Waals surface area contributed by atoms with Crippen LogP contribution < -0.4 is 15.0 Å². The lowest BCUT2D eigenvalue weighted by molar-refractivity contribution is 0.139. The van der Waals surface area contributed by atoms with Crippen molar-refractivity contribution in [2.75, 3.05) is 44.0 Å². The van der Waals surface area contributed by atoms with Gasteiger partial charge in [-0.15, -0.1) is 0 Å². The molecule has 0 bridgehead atoms. The van der Waals surface area contributed by atoms with Crippen LogP contribution in [-0.2, 0) is 0 Å². The lowest BCUT2D eigenvalue weighted by Crippen LogP contribution is -2.57. The van der Waals surface area contributed by atoms with Crippen LogP contribution in [0.5, 0.6) is 5.75 Å². The highest BCUT2D eigenvalue weighted by atomic mass is 16.5. The van der Waals surface area contributed by atoms with E-state index in [1.54, 1.807) is 7.11 Å². The van der Waals surface area contributed by atoms with Crippen LogP contribution in [0.4, 0.5) is 17.3 Å². The van der Waals surface area contributed by atoms with Crippen molar-refractivity contribution >= 4 is 28.2 Å². The van der Waals surface area contributed by atoms with E-state index < -0.39 is 0 Å². The first kappa shape index (κ1) is 21.4. The second-order valence-electron chi connectivity index (χ2n) is 9.30. The summed E-state index contributed by atoms with van der Waals surface area (Å²) in [6, 6.07) is 12.6. The average Bonchev–Trinajstić information content (AvgIpc) is 2.75. The molecule has 2 aromatic carbocycles. The number of piperazine rings is 1. The number of methoxy groups -OCH3 is 1. The van der Waals surface area contributed by atoms with Crippen LogP contribution in [0.25, 0.3) is 10.9 Å². The normalized spacial score (nSPS) is 16.7. The van der Waals surface area contributed by atoms with Crippen LogP contribution in [0.2, 0.25) is 0 Å². The van der Waals surface area contributed by atoms with Gasteiger partial charge in [0, 0.05) is 53.7 Å². The molecule has 0 unspecified atom stereocenters. The number of nitrogens with zero attached hydrogens (tertiary/aromatic N) is 4. The molecule has 164 valence electrons. The van der Waals surface area contributed by atoms with Crippen LogP contribution in [0.3, 0.4) is 0 Å². The summed E-state index contributed by atoms with van der Waals surface area (Å²) in [6.45, 7) is 12.0. The molecule has 1 aliphatic heterocycles. The monoisotopic (exact) mass is 419 g/mol. The smallest absolute Gasteiger partial charge is 0.227 e. The molecule has 1 fully saturated rings. The third-order valence-corrected chi connectivity index (χ3v) is 6.35. The van der Waals surface area contributed by atoms with E-state index in [4.69, 9.17) is 9.72 Å². The summed E-state index contributed by atoms with van der Waals surface area (Å²) in [5, 5.41) is 4.38. The Balaban J connectivity index is 1.56. The van der Waals surface area contributed by atoms with Gasteiger partial charge in [-0.2, -0.15) is 0 Å². The number of anilines is 3. The van der Waals surface area contributed by atoms with E-state index in [2.05, 4.69) is 79.1 Å². The summed E-state index contributed by atoms with van der Waals surface area (Å²) in [4.78, 5) is 14.2. The third kappa shape index (κ3) is 4.30. The first-order valence-electron chi connectivity index (χ1n) is 11.0. The van der Waals surface area contributed by atoms with Crippen LogP contribution in [0, 0.1) is 0 Å². The summed E-state index contributed by atoms with van der Waals surface area (Å²) in [5.41, 5.74) is 4.44. The van der Waals surface area contributed by atoms with E-state index in [0.29, 0.717) is 11.9 Å². The molecule has 31 heavy (non-hydrogen) atoms. The summed E-state index contributed by atoms with van der Waals surface area (Å²) < 4.78 is 5.58. The minimum atomic E-state index is 0.170.